The van der Waals surface area contributed by atoms with E-state index in [9.17, 15) is 9.59 Å². The quantitative estimate of drug-likeness (QED) is 0.644. The molecule has 0 saturated carbocycles. The molecule has 0 aliphatic heterocycles. The molecule has 3 aromatic rings. The predicted octanol–water partition coefficient (Wildman–Crippen LogP) is 5.03. The molecule has 0 radical (unpaired) electrons. The molecule has 0 atom stereocenters. The van der Waals surface area contributed by atoms with E-state index in [2.05, 4.69) is 28.9 Å². The maximum absolute atomic E-state index is 13.2. The van der Waals surface area contributed by atoms with Crippen molar-refractivity contribution < 1.29 is 4.79 Å². The van der Waals surface area contributed by atoms with Crippen molar-refractivity contribution in [3.8, 4) is 0 Å². The van der Waals surface area contributed by atoms with E-state index in [1.165, 1.54) is 0 Å². The number of nitrogens with one attached hydrogen (secondary N) is 1. The molecule has 2 aromatic carbocycles. The molecule has 0 saturated heterocycles. The van der Waals surface area contributed by atoms with Crippen molar-refractivity contribution in [1.82, 2.24) is 4.57 Å². The van der Waals surface area contributed by atoms with Crippen LogP contribution in [0.15, 0.2) is 59.4 Å². The summed E-state index contributed by atoms with van der Waals surface area (Å²) in [4.78, 5) is 26.0. The van der Waals surface area contributed by atoms with Crippen LogP contribution < -0.4 is 10.7 Å². The number of rotatable bonds is 6. The van der Waals surface area contributed by atoms with E-state index in [4.69, 9.17) is 0 Å². The van der Waals surface area contributed by atoms with Crippen LogP contribution in [0.2, 0.25) is 0 Å². The largest absolute Gasteiger partial charge is 0.343 e. The first-order valence-electron chi connectivity index (χ1n) is 10.1. The number of aryl methyl sites for hydroxylation is 2. The molecule has 1 amide bonds. The summed E-state index contributed by atoms with van der Waals surface area (Å²) >= 11 is 0. The highest BCUT2D eigenvalue weighted by Crippen LogP contribution is 2.20. The number of anilines is 1. The molecule has 4 heteroatoms. The van der Waals surface area contributed by atoms with Crippen molar-refractivity contribution in [3.63, 3.8) is 0 Å². The predicted molar refractivity (Wildman–Crippen MR) is 119 cm³/mol. The summed E-state index contributed by atoms with van der Waals surface area (Å²) in [6, 6.07) is 17.5. The maximum atomic E-state index is 13.2. The Kier molecular flexibility index (Phi) is 6.32. The molecule has 150 valence electrons. The van der Waals surface area contributed by atoms with E-state index in [1.54, 1.807) is 6.07 Å². The van der Waals surface area contributed by atoms with Crippen LogP contribution in [0, 0.1) is 20.8 Å². The lowest BCUT2D eigenvalue weighted by Gasteiger charge is -2.20. The van der Waals surface area contributed by atoms with E-state index in [0.29, 0.717) is 13.0 Å². The standard InChI is InChI=1S/C25H28N2O2/c1-5-10-22-24(25(29)26-21-14-9-11-17(2)19(21)4)23(28)15-18(3)27(22)16-20-12-7-6-8-13-20/h6-9,11-15H,5,10,16H2,1-4H3,(H,26,29). The number of hydrogen-bond donors (Lipinski definition) is 1. The molecule has 29 heavy (non-hydrogen) atoms. The highest BCUT2D eigenvalue weighted by atomic mass is 16.2. The second-order valence-corrected chi connectivity index (χ2v) is 7.50. The van der Waals surface area contributed by atoms with Gasteiger partial charge >= 0.3 is 0 Å². The normalized spacial score (nSPS) is 10.8. The van der Waals surface area contributed by atoms with Gasteiger partial charge in [0.1, 0.15) is 5.56 Å². The molecule has 0 aliphatic carbocycles. The lowest BCUT2D eigenvalue weighted by molar-refractivity contribution is 0.102. The van der Waals surface area contributed by atoms with Gasteiger partial charge in [0, 0.05) is 29.7 Å². The van der Waals surface area contributed by atoms with Crippen molar-refractivity contribution in [1.29, 1.82) is 0 Å². The SMILES string of the molecule is CCCc1c(C(=O)Nc2cccc(C)c2C)c(=O)cc(C)n1Cc1ccccc1. The zero-order valence-electron chi connectivity index (χ0n) is 17.6. The molecular weight excluding hydrogens is 360 g/mol. The van der Waals surface area contributed by atoms with Crippen LogP contribution in [0.25, 0.3) is 0 Å². The maximum Gasteiger partial charge on any atom is 0.261 e. The smallest absolute Gasteiger partial charge is 0.261 e. The van der Waals surface area contributed by atoms with Gasteiger partial charge < -0.3 is 9.88 Å². The minimum absolute atomic E-state index is 0.224. The third kappa shape index (κ3) is 4.48. The number of hydrogen-bond acceptors (Lipinski definition) is 2. The Morgan fingerprint density at radius 2 is 1.72 bits per heavy atom. The number of carbonyl (C=O) groups is 1. The van der Waals surface area contributed by atoms with E-state index in [1.807, 2.05) is 57.2 Å². The van der Waals surface area contributed by atoms with E-state index >= 15 is 0 Å². The summed E-state index contributed by atoms with van der Waals surface area (Å²) in [5.41, 5.74) is 5.67. The summed E-state index contributed by atoms with van der Waals surface area (Å²) in [5.74, 6) is -0.339. The Labute approximate surface area is 172 Å². The van der Waals surface area contributed by atoms with Gasteiger partial charge in [-0.25, -0.2) is 0 Å². The Hall–Kier alpha value is -3.14. The first-order valence-corrected chi connectivity index (χ1v) is 10.1. The minimum Gasteiger partial charge on any atom is -0.343 e. The van der Waals surface area contributed by atoms with Crippen molar-refractivity contribution in [2.24, 2.45) is 0 Å². The van der Waals surface area contributed by atoms with Crippen LogP contribution in [-0.2, 0) is 13.0 Å². The fourth-order valence-corrected chi connectivity index (χ4v) is 3.63. The van der Waals surface area contributed by atoms with Gasteiger partial charge in [0.05, 0.1) is 0 Å². The average molecular weight is 389 g/mol. The molecule has 0 bridgehead atoms. The number of amides is 1. The first-order chi connectivity index (χ1) is 13.9. The minimum atomic E-state index is -0.339. The second kappa shape index (κ2) is 8.91. The number of carbonyl (C=O) groups excluding carboxylic acids is 1. The Bertz CT molecular complexity index is 1080. The summed E-state index contributed by atoms with van der Waals surface area (Å²) < 4.78 is 2.10. The van der Waals surface area contributed by atoms with Gasteiger partial charge in [-0.2, -0.15) is 0 Å². The number of nitrogens with zero attached hydrogens (tertiary/aromatic N) is 1. The molecule has 1 aromatic heterocycles. The van der Waals surface area contributed by atoms with Crippen molar-refractivity contribution in [2.45, 2.75) is 47.1 Å². The number of benzene rings is 2. The van der Waals surface area contributed by atoms with Crippen molar-refractivity contribution in [3.05, 3.63) is 98.5 Å². The van der Waals surface area contributed by atoms with Crippen LogP contribution >= 0.6 is 0 Å². The average Bonchev–Trinajstić information content (AvgIpc) is 2.69. The molecular formula is C25H28N2O2. The number of aromatic nitrogens is 1. The van der Waals surface area contributed by atoms with E-state index < -0.39 is 0 Å². The molecule has 3 rings (SSSR count). The zero-order valence-corrected chi connectivity index (χ0v) is 17.6. The lowest BCUT2D eigenvalue weighted by Crippen LogP contribution is -2.29. The van der Waals surface area contributed by atoms with Crippen LogP contribution in [0.4, 0.5) is 5.69 Å². The van der Waals surface area contributed by atoms with Gasteiger partial charge in [-0.1, -0.05) is 55.8 Å². The van der Waals surface area contributed by atoms with Crippen molar-refractivity contribution >= 4 is 11.6 Å². The van der Waals surface area contributed by atoms with Gasteiger partial charge in [0.15, 0.2) is 5.43 Å². The third-order valence-corrected chi connectivity index (χ3v) is 5.38. The Balaban J connectivity index is 2.07. The van der Waals surface area contributed by atoms with Crippen LogP contribution in [0.5, 0.6) is 0 Å². The highest BCUT2D eigenvalue weighted by Gasteiger charge is 2.20. The molecule has 0 aliphatic rings. The first kappa shape index (κ1) is 20.6. The van der Waals surface area contributed by atoms with Crippen molar-refractivity contribution in [2.75, 3.05) is 5.32 Å². The Morgan fingerprint density at radius 3 is 2.41 bits per heavy atom. The van der Waals surface area contributed by atoms with Crippen LogP contribution in [0.1, 0.15) is 51.8 Å². The molecule has 1 N–H and O–H groups in total. The van der Waals surface area contributed by atoms with Gasteiger partial charge in [-0.15, -0.1) is 0 Å². The molecule has 4 nitrogen and oxygen atoms in total. The van der Waals surface area contributed by atoms with E-state index in [-0.39, 0.29) is 16.9 Å². The monoisotopic (exact) mass is 388 g/mol. The van der Waals surface area contributed by atoms with E-state index in [0.717, 1.165) is 40.2 Å². The van der Waals surface area contributed by atoms with Gasteiger partial charge in [-0.3, -0.25) is 9.59 Å². The summed E-state index contributed by atoms with van der Waals surface area (Å²) in [7, 11) is 0. The lowest BCUT2D eigenvalue weighted by atomic mass is 10.0. The molecule has 0 unspecified atom stereocenters. The summed E-state index contributed by atoms with van der Waals surface area (Å²) in [6.07, 6.45) is 1.51. The fourth-order valence-electron chi connectivity index (χ4n) is 3.63. The van der Waals surface area contributed by atoms with Gasteiger partial charge in [0.2, 0.25) is 0 Å². The van der Waals surface area contributed by atoms with Gasteiger partial charge in [-0.05, 0) is 49.9 Å². The molecule has 0 spiro atoms. The summed E-state index contributed by atoms with van der Waals surface area (Å²) in [5, 5.41) is 2.97. The van der Waals surface area contributed by atoms with Crippen LogP contribution in [-0.4, -0.2) is 10.5 Å². The highest BCUT2D eigenvalue weighted by molar-refractivity contribution is 6.05. The van der Waals surface area contributed by atoms with Crippen LogP contribution in [0.3, 0.4) is 0 Å². The summed E-state index contributed by atoms with van der Waals surface area (Å²) in [6.45, 7) is 8.60. The molecule has 1 heterocycles. The third-order valence-electron chi connectivity index (χ3n) is 5.38. The van der Waals surface area contributed by atoms with Gasteiger partial charge in [0.25, 0.3) is 5.91 Å². The number of pyridine rings is 1. The Morgan fingerprint density at radius 1 is 1.00 bits per heavy atom. The zero-order chi connectivity index (χ0) is 21.0. The second-order valence-electron chi connectivity index (χ2n) is 7.50. The molecule has 0 fully saturated rings. The fraction of sp³-hybridized carbons (Fsp3) is 0.280. The topological polar surface area (TPSA) is 51.1 Å².